The van der Waals surface area contributed by atoms with Gasteiger partial charge in [-0.3, -0.25) is 0 Å². The summed E-state index contributed by atoms with van der Waals surface area (Å²) in [4.78, 5) is 15.9. The second-order valence-corrected chi connectivity index (χ2v) is 19.4. The average molecular weight is 852 g/mol. The van der Waals surface area contributed by atoms with Gasteiger partial charge in [0, 0.05) is 38.2 Å². The minimum Gasteiger partial charge on any atom is -0.456 e. The van der Waals surface area contributed by atoms with Crippen LogP contribution in [0.4, 0.5) is 0 Å². The van der Waals surface area contributed by atoms with Gasteiger partial charge in [-0.2, -0.15) is 0 Å². The van der Waals surface area contributed by atoms with Gasteiger partial charge in [-0.05, 0) is 161 Å². The van der Waals surface area contributed by atoms with Crippen molar-refractivity contribution in [3.8, 4) is 67.5 Å². The fourth-order valence-electron chi connectivity index (χ4n) is 12.6. The average Bonchev–Trinajstić information content (AvgIpc) is 3.94. The number of fused-ring (bicyclic) bond motifs is 6. The summed E-state index contributed by atoms with van der Waals surface area (Å²) in [5, 5.41) is 4.29. The van der Waals surface area contributed by atoms with E-state index in [0.29, 0.717) is 22.9 Å². The van der Waals surface area contributed by atoms with Gasteiger partial charge in [-0.25, -0.2) is 15.0 Å². The molecule has 5 nitrogen and oxygen atoms in total. The SMILES string of the molecule is c1ccc(-c2cccc(-c3cc(-c4ccc(C56CC7CC(CC(C7)C5)C6)cc4)cc(-c4nc(-c5ccc6c(c5)oc5ccccc56)nc(-c5ccc6c(c5)oc5ccccc56)n4)c3)c2)cc1. The summed E-state index contributed by atoms with van der Waals surface area (Å²) < 4.78 is 12.8. The van der Waals surface area contributed by atoms with Crippen molar-refractivity contribution in [1.29, 1.82) is 0 Å². The molecule has 3 heterocycles. The summed E-state index contributed by atoms with van der Waals surface area (Å²) in [5.74, 6) is 4.44. The first-order valence-corrected chi connectivity index (χ1v) is 23.6. The molecule has 0 spiro atoms. The van der Waals surface area contributed by atoms with Gasteiger partial charge >= 0.3 is 0 Å². The number of nitrogens with zero attached hydrogens (tertiary/aromatic N) is 3. The number of benzene rings is 8. The summed E-state index contributed by atoms with van der Waals surface area (Å²) >= 11 is 0. The van der Waals surface area contributed by atoms with E-state index < -0.39 is 0 Å². The van der Waals surface area contributed by atoms with Crippen molar-refractivity contribution >= 4 is 43.9 Å². The predicted octanol–water partition coefficient (Wildman–Crippen LogP) is 16.1. The molecule has 3 aromatic heterocycles. The Labute approximate surface area is 382 Å². The van der Waals surface area contributed by atoms with Crippen LogP contribution in [0.3, 0.4) is 0 Å². The monoisotopic (exact) mass is 851 g/mol. The highest BCUT2D eigenvalue weighted by molar-refractivity contribution is 6.07. The number of aromatic nitrogens is 3. The molecule has 0 aliphatic heterocycles. The van der Waals surface area contributed by atoms with Crippen molar-refractivity contribution in [1.82, 2.24) is 15.0 Å². The highest BCUT2D eigenvalue weighted by atomic mass is 16.3. The summed E-state index contributed by atoms with van der Waals surface area (Å²) in [6.45, 7) is 0. The fourth-order valence-corrected chi connectivity index (χ4v) is 12.6. The molecule has 15 rings (SSSR count). The Morgan fingerprint density at radius 1 is 0.318 bits per heavy atom. The van der Waals surface area contributed by atoms with E-state index in [0.717, 1.165) is 95.0 Å². The standard InChI is InChI=1S/C61H45N3O2/c1-2-9-40(10-3-1)42-11-8-12-43(28-42)47-29-46(41-17-21-49(22-18-41)61-34-37-25-38(35-61)27-39(26-37)36-61)30-48(31-47)60-63-58(44-19-23-52-50-13-4-6-15-54(50)65-56(52)32-44)62-59(64-60)45-20-24-53-51-14-5-7-16-55(51)66-57(53)33-45/h1-24,28-33,37-39H,25-27,34-36H2. The molecule has 0 amide bonds. The van der Waals surface area contributed by atoms with Gasteiger partial charge in [-0.15, -0.1) is 0 Å². The molecule has 0 radical (unpaired) electrons. The van der Waals surface area contributed by atoms with Crippen molar-refractivity contribution in [3.05, 3.63) is 188 Å². The van der Waals surface area contributed by atoms with Gasteiger partial charge in [0.25, 0.3) is 0 Å². The molecule has 8 aromatic carbocycles. The maximum Gasteiger partial charge on any atom is 0.164 e. The molecule has 5 heteroatoms. The second-order valence-electron chi connectivity index (χ2n) is 19.4. The van der Waals surface area contributed by atoms with Crippen LogP contribution in [-0.2, 0) is 5.41 Å². The van der Waals surface area contributed by atoms with Crippen molar-refractivity contribution < 1.29 is 8.83 Å². The molecular formula is C61H45N3O2. The molecule has 4 aliphatic rings. The van der Waals surface area contributed by atoms with E-state index in [4.69, 9.17) is 23.8 Å². The zero-order valence-electron chi connectivity index (χ0n) is 36.5. The summed E-state index contributed by atoms with van der Waals surface area (Å²) in [6, 6.07) is 64.8. The van der Waals surface area contributed by atoms with Crippen LogP contribution in [0.2, 0.25) is 0 Å². The second kappa shape index (κ2) is 14.7. The Morgan fingerprint density at radius 2 is 0.727 bits per heavy atom. The van der Waals surface area contributed by atoms with E-state index in [1.807, 2.05) is 36.4 Å². The van der Waals surface area contributed by atoms with Gasteiger partial charge in [0.05, 0.1) is 0 Å². The molecular weight excluding hydrogens is 807 g/mol. The van der Waals surface area contributed by atoms with Crippen LogP contribution in [-0.4, -0.2) is 15.0 Å². The van der Waals surface area contributed by atoms with Crippen molar-refractivity contribution in [2.24, 2.45) is 17.8 Å². The van der Waals surface area contributed by atoms with Crippen LogP contribution in [0.5, 0.6) is 0 Å². The minimum atomic E-state index is 0.340. The van der Waals surface area contributed by atoms with E-state index in [2.05, 4.69) is 146 Å². The van der Waals surface area contributed by atoms with Crippen LogP contribution in [0.25, 0.3) is 111 Å². The number of rotatable bonds is 7. The van der Waals surface area contributed by atoms with Crippen LogP contribution >= 0.6 is 0 Å². The number of hydrogen-bond acceptors (Lipinski definition) is 5. The van der Waals surface area contributed by atoms with Crippen molar-refractivity contribution in [3.63, 3.8) is 0 Å². The summed E-state index contributed by atoms with van der Waals surface area (Å²) in [5.41, 5.74) is 14.7. The van der Waals surface area contributed by atoms with Gasteiger partial charge in [0.15, 0.2) is 17.5 Å². The molecule has 0 saturated heterocycles. The normalized spacial score (nSPS) is 20.0. The number of para-hydroxylation sites is 2. The first-order valence-electron chi connectivity index (χ1n) is 23.6. The third-order valence-corrected chi connectivity index (χ3v) is 15.3. The van der Waals surface area contributed by atoms with E-state index in [1.165, 1.54) is 60.8 Å². The quantitative estimate of drug-likeness (QED) is 0.160. The molecule has 316 valence electrons. The Bertz CT molecular complexity index is 3530. The molecule has 4 bridgehead atoms. The molecule has 66 heavy (non-hydrogen) atoms. The Kier molecular flexibility index (Phi) is 8.40. The number of hydrogen-bond donors (Lipinski definition) is 0. The maximum absolute atomic E-state index is 6.38. The largest absolute Gasteiger partial charge is 0.456 e. The lowest BCUT2D eigenvalue weighted by Crippen LogP contribution is -2.48. The summed E-state index contributed by atoms with van der Waals surface area (Å²) in [6.07, 6.45) is 8.40. The first-order chi connectivity index (χ1) is 32.5. The van der Waals surface area contributed by atoms with Crippen LogP contribution in [0.1, 0.15) is 44.1 Å². The van der Waals surface area contributed by atoms with E-state index in [9.17, 15) is 0 Å². The van der Waals surface area contributed by atoms with Gasteiger partial charge < -0.3 is 8.83 Å². The Morgan fingerprint density at radius 3 is 1.30 bits per heavy atom. The molecule has 4 saturated carbocycles. The number of furan rings is 2. The van der Waals surface area contributed by atoms with E-state index in [1.54, 1.807) is 0 Å². The van der Waals surface area contributed by atoms with E-state index in [-0.39, 0.29) is 0 Å². The zero-order chi connectivity index (χ0) is 43.3. The highest BCUT2D eigenvalue weighted by Crippen LogP contribution is 2.61. The third kappa shape index (κ3) is 6.32. The van der Waals surface area contributed by atoms with Crippen LogP contribution in [0, 0.1) is 17.8 Å². The van der Waals surface area contributed by atoms with Gasteiger partial charge in [0.1, 0.15) is 22.3 Å². The van der Waals surface area contributed by atoms with Crippen LogP contribution in [0.15, 0.2) is 191 Å². The van der Waals surface area contributed by atoms with Gasteiger partial charge in [0.2, 0.25) is 0 Å². The molecule has 11 aromatic rings. The smallest absolute Gasteiger partial charge is 0.164 e. The maximum atomic E-state index is 6.38. The topological polar surface area (TPSA) is 65.0 Å². The highest BCUT2D eigenvalue weighted by Gasteiger charge is 2.51. The molecule has 0 atom stereocenters. The fraction of sp³-hybridized carbons (Fsp3) is 0.164. The van der Waals surface area contributed by atoms with Crippen molar-refractivity contribution in [2.75, 3.05) is 0 Å². The summed E-state index contributed by atoms with van der Waals surface area (Å²) in [7, 11) is 0. The van der Waals surface area contributed by atoms with Gasteiger partial charge in [-0.1, -0.05) is 121 Å². The van der Waals surface area contributed by atoms with Crippen molar-refractivity contribution in [2.45, 2.75) is 43.9 Å². The Balaban J connectivity index is 0.942. The molecule has 0 N–H and O–H groups in total. The lowest BCUT2D eigenvalue weighted by atomic mass is 9.48. The Hall–Kier alpha value is -7.63. The molecule has 0 unspecified atom stereocenters. The molecule has 4 fully saturated rings. The minimum absolute atomic E-state index is 0.340. The zero-order valence-corrected chi connectivity index (χ0v) is 36.5. The lowest BCUT2D eigenvalue weighted by Gasteiger charge is -2.57. The molecule has 4 aliphatic carbocycles. The first kappa shape index (κ1) is 37.7. The lowest BCUT2D eigenvalue weighted by molar-refractivity contribution is -0.00518. The van der Waals surface area contributed by atoms with Crippen LogP contribution < -0.4 is 0 Å². The third-order valence-electron chi connectivity index (χ3n) is 15.3. The predicted molar refractivity (Wildman–Crippen MR) is 267 cm³/mol. The van der Waals surface area contributed by atoms with E-state index >= 15 is 0 Å².